The SMILES string of the molecule is O=C1C2ON(c3ccccc3)C(c3c4ccccc4cc4ccccc34)C2C(=O)N1c1ccc(F)cc1. The van der Waals surface area contributed by atoms with Crippen LogP contribution in [-0.2, 0) is 14.4 Å². The third-order valence-electron chi connectivity index (χ3n) is 7.32. The third-order valence-corrected chi connectivity index (χ3v) is 7.32. The van der Waals surface area contributed by atoms with Crippen molar-refractivity contribution in [2.75, 3.05) is 9.96 Å². The van der Waals surface area contributed by atoms with Crippen molar-refractivity contribution in [2.24, 2.45) is 5.92 Å². The van der Waals surface area contributed by atoms with Crippen LogP contribution in [0.2, 0.25) is 0 Å². The summed E-state index contributed by atoms with van der Waals surface area (Å²) < 4.78 is 13.6. The minimum Gasteiger partial charge on any atom is -0.273 e. The van der Waals surface area contributed by atoms with E-state index in [0.717, 1.165) is 37.7 Å². The number of hydrogen-bond donors (Lipinski definition) is 0. The molecule has 6 heteroatoms. The minimum absolute atomic E-state index is 0.335. The van der Waals surface area contributed by atoms with Crippen LogP contribution < -0.4 is 9.96 Å². The van der Waals surface area contributed by atoms with E-state index in [1.54, 1.807) is 5.06 Å². The molecule has 3 unspecified atom stereocenters. The monoisotopic (exact) mass is 488 g/mol. The molecule has 3 atom stereocenters. The number of halogens is 1. The van der Waals surface area contributed by atoms with Crippen LogP contribution >= 0.6 is 0 Å². The molecule has 37 heavy (non-hydrogen) atoms. The second kappa shape index (κ2) is 8.25. The smallest absolute Gasteiger partial charge is 0.266 e. The summed E-state index contributed by atoms with van der Waals surface area (Å²) in [5.41, 5.74) is 2.03. The maximum absolute atomic E-state index is 14.0. The molecule has 2 amide bonds. The maximum Gasteiger partial charge on any atom is 0.266 e. The Hall–Kier alpha value is -4.55. The number of benzene rings is 5. The van der Waals surface area contributed by atoms with E-state index in [4.69, 9.17) is 4.84 Å². The Balaban J connectivity index is 1.47. The van der Waals surface area contributed by atoms with E-state index in [0.29, 0.717) is 5.69 Å². The van der Waals surface area contributed by atoms with Crippen molar-refractivity contribution in [3.8, 4) is 0 Å². The number of carbonyl (C=O) groups excluding carboxylic acids is 2. The van der Waals surface area contributed by atoms with Gasteiger partial charge in [-0.1, -0.05) is 66.7 Å². The van der Waals surface area contributed by atoms with Gasteiger partial charge in [0.1, 0.15) is 11.7 Å². The summed E-state index contributed by atoms with van der Waals surface area (Å²) in [5.74, 6) is -2.03. The number of carbonyl (C=O) groups is 2. The lowest BCUT2D eigenvalue weighted by molar-refractivity contribution is -0.126. The van der Waals surface area contributed by atoms with Crippen LogP contribution in [-0.4, -0.2) is 17.9 Å². The summed E-state index contributed by atoms with van der Waals surface area (Å²) in [6, 6.07) is 32.6. The molecule has 0 spiro atoms. The van der Waals surface area contributed by atoms with Gasteiger partial charge in [-0.3, -0.25) is 14.4 Å². The largest absolute Gasteiger partial charge is 0.273 e. The Morgan fingerprint density at radius 2 is 1.24 bits per heavy atom. The molecule has 0 saturated carbocycles. The number of fused-ring (bicyclic) bond motifs is 3. The third kappa shape index (κ3) is 3.26. The van der Waals surface area contributed by atoms with Gasteiger partial charge in [0.15, 0.2) is 6.10 Å². The Labute approximate surface area is 212 Å². The van der Waals surface area contributed by atoms with Gasteiger partial charge >= 0.3 is 0 Å². The van der Waals surface area contributed by atoms with Crippen LogP contribution in [0, 0.1) is 11.7 Å². The minimum atomic E-state index is -1.000. The zero-order valence-corrected chi connectivity index (χ0v) is 19.6. The number of amides is 2. The van der Waals surface area contributed by atoms with E-state index in [1.165, 1.54) is 24.3 Å². The highest BCUT2D eigenvalue weighted by molar-refractivity contribution is 6.24. The van der Waals surface area contributed by atoms with Crippen LogP contribution in [0.4, 0.5) is 15.8 Å². The average Bonchev–Trinajstić information content (AvgIpc) is 3.44. The van der Waals surface area contributed by atoms with Gasteiger partial charge in [-0.2, -0.15) is 0 Å². The first-order chi connectivity index (χ1) is 18.1. The summed E-state index contributed by atoms with van der Waals surface area (Å²) in [6.07, 6.45) is -1.000. The molecular weight excluding hydrogens is 467 g/mol. The molecular formula is C31H21FN2O3. The molecule has 180 valence electrons. The lowest BCUT2D eigenvalue weighted by Gasteiger charge is -2.30. The number of hydrogen-bond acceptors (Lipinski definition) is 4. The second-order valence-corrected chi connectivity index (χ2v) is 9.38. The van der Waals surface area contributed by atoms with Crippen molar-refractivity contribution in [1.82, 2.24) is 0 Å². The number of imide groups is 1. The highest BCUT2D eigenvalue weighted by atomic mass is 19.1. The Morgan fingerprint density at radius 3 is 1.89 bits per heavy atom. The van der Waals surface area contributed by atoms with Gasteiger partial charge in [0.05, 0.1) is 17.4 Å². The van der Waals surface area contributed by atoms with Gasteiger partial charge in [-0.25, -0.2) is 14.4 Å². The average molecular weight is 489 g/mol. The van der Waals surface area contributed by atoms with Crippen LogP contribution in [0.15, 0.2) is 109 Å². The summed E-state index contributed by atoms with van der Waals surface area (Å²) in [7, 11) is 0. The number of rotatable bonds is 3. The predicted molar refractivity (Wildman–Crippen MR) is 140 cm³/mol. The molecule has 7 rings (SSSR count). The van der Waals surface area contributed by atoms with Crippen molar-refractivity contribution in [3.05, 3.63) is 121 Å². The van der Waals surface area contributed by atoms with Crippen LogP contribution in [0.3, 0.4) is 0 Å². The standard InChI is InChI=1S/C31H21FN2O3/c32-21-14-16-22(17-15-21)33-30(35)27-28(34(37-29(27)31(33)36)23-10-2-1-3-11-23)26-24-12-6-4-8-19(24)18-20-9-5-7-13-25(20)26/h1-18,27-29H. The molecule has 2 heterocycles. The molecule has 0 aromatic heterocycles. The Kier molecular flexibility index (Phi) is 4.84. The molecule has 2 saturated heterocycles. The van der Waals surface area contributed by atoms with E-state index in [9.17, 15) is 14.0 Å². The summed E-state index contributed by atoms with van der Waals surface area (Å²) >= 11 is 0. The van der Waals surface area contributed by atoms with Gasteiger partial charge in [0.25, 0.3) is 5.91 Å². The molecule has 2 aliphatic rings. The Morgan fingerprint density at radius 1 is 0.649 bits per heavy atom. The lowest BCUT2D eigenvalue weighted by Crippen LogP contribution is -2.37. The lowest BCUT2D eigenvalue weighted by atomic mass is 9.84. The second-order valence-electron chi connectivity index (χ2n) is 9.38. The zero-order chi connectivity index (χ0) is 25.1. The highest BCUT2D eigenvalue weighted by Gasteiger charge is 2.60. The number of hydroxylamine groups is 1. The summed E-state index contributed by atoms with van der Waals surface area (Å²) in [5, 5.41) is 5.80. The maximum atomic E-state index is 14.0. The molecule has 0 N–H and O–H groups in total. The fourth-order valence-electron chi connectivity index (χ4n) is 5.72. The van der Waals surface area contributed by atoms with Crippen LogP contribution in [0.5, 0.6) is 0 Å². The normalized spacial score (nSPS) is 21.3. The van der Waals surface area contributed by atoms with Gasteiger partial charge < -0.3 is 0 Å². The molecule has 0 aliphatic carbocycles. The van der Waals surface area contributed by atoms with Gasteiger partial charge in [0.2, 0.25) is 5.91 Å². The van der Waals surface area contributed by atoms with Gasteiger partial charge in [-0.15, -0.1) is 0 Å². The van der Waals surface area contributed by atoms with Crippen LogP contribution in [0.1, 0.15) is 11.6 Å². The fraction of sp³-hybridized carbons (Fsp3) is 0.0968. The zero-order valence-electron chi connectivity index (χ0n) is 19.6. The molecule has 5 aromatic carbocycles. The summed E-state index contributed by atoms with van der Waals surface area (Å²) in [4.78, 5) is 35.1. The number of nitrogens with zero attached hydrogens (tertiary/aromatic N) is 2. The summed E-state index contributed by atoms with van der Waals surface area (Å²) in [6.45, 7) is 0. The molecule has 5 nitrogen and oxygen atoms in total. The first-order valence-corrected chi connectivity index (χ1v) is 12.2. The van der Waals surface area contributed by atoms with Crippen molar-refractivity contribution in [2.45, 2.75) is 12.1 Å². The van der Waals surface area contributed by atoms with Crippen molar-refractivity contribution in [3.63, 3.8) is 0 Å². The van der Waals surface area contributed by atoms with Crippen molar-refractivity contribution in [1.29, 1.82) is 0 Å². The van der Waals surface area contributed by atoms with E-state index in [1.807, 2.05) is 66.7 Å². The molecule has 0 radical (unpaired) electrons. The molecule has 2 fully saturated rings. The number of para-hydroxylation sites is 1. The fourth-order valence-corrected chi connectivity index (χ4v) is 5.72. The Bertz CT molecular complexity index is 1630. The molecule has 2 aliphatic heterocycles. The van der Waals surface area contributed by atoms with E-state index < -0.39 is 29.8 Å². The van der Waals surface area contributed by atoms with Crippen molar-refractivity contribution < 1.29 is 18.8 Å². The molecule has 0 bridgehead atoms. The number of anilines is 2. The first kappa shape index (κ1) is 21.7. The highest BCUT2D eigenvalue weighted by Crippen LogP contribution is 2.50. The van der Waals surface area contributed by atoms with Crippen LogP contribution in [0.25, 0.3) is 21.5 Å². The van der Waals surface area contributed by atoms with E-state index in [-0.39, 0.29) is 5.91 Å². The molecule has 5 aromatic rings. The quantitative estimate of drug-likeness (QED) is 0.225. The van der Waals surface area contributed by atoms with Gasteiger partial charge in [0, 0.05) is 0 Å². The topological polar surface area (TPSA) is 49.9 Å². The van der Waals surface area contributed by atoms with E-state index in [2.05, 4.69) is 18.2 Å². The van der Waals surface area contributed by atoms with Gasteiger partial charge in [-0.05, 0) is 69.6 Å². The van der Waals surface area contributed by atoms with Crippen molar-refractivity contribution >= 4 is 44.7 Å². The first-order valence-electron chi connectivity index (χ1n) is 12.2. The van der Waals surface area contributed by atoms with E-state index >= 15 is 0 Å². The predicted octanol–water partition coefficient (Wildman–Crippen LogP) is 6.18.